The topological polar surface area (TPSA) is 89.4 Å². The van der Waals surface area contributed by atoms with Crippen molar-refractivity contribution in [3.63, 3.8) is 0 Å². The van der Waals surface area contributed by atoms with Crippen LogP contribution >= 0.6 is 11.8 Å². The third-order valence-corrected chi connectivity index (χ3v) is 4.31. The predicted molar refractivity (Wildman–Crippen MR) is 78.8 cm³/mol. The molecule has 108 valence electrons. The van der Waals surface area contributed by atoms with Crippen LogP contribution in [0.4, 0.5) is 11.5 Å². The molecule has 1 saturated heterocycles. The van der Waals surface area contributed by atoms with E-state index in [0.717, 1.165) is 9.80 Å². The number of hydrogen-bond donors (Lipinski definition) is 1. The molecule has 1 aliphatic rings. The number of nitrogens with two attached hydrogens (primary N) is 1. The van der Waals surface area contributed by atoms with E-state index >= 15 is 0 Å². The third kappa shape index (κ3) is 2.64. The number of rotatable bonds is 3. The summed E-state index contributed by atoms with van der Waals surface area (Å²) in [4.78, 5) is 26.4. The summed E-state index contributed by atoms with van der Waals surface area (Å²) in [5.41, 5.74) is 6.29. The van der Waals surface area contributed by atoms with Crippen molar-refractivity contribution in [1.29, 1.82) is 0 Å². The zero-order chi connectivity index (χ0) is 15.0. The zero-order valence-electron chi connectivity index (χ0n) is 11.3. The number of amides is 2. The van der Waals surface area contributed by atoms with E-state index in [2.05, 4.69) is 5.16 Å². The van der Waals surface area contributed by atoms with Crippen LogP contribution in [-0.2, 0) is 9.59 Å². The Kier molecular flexibility index (Phi) is 3.42. The molecule has 0 bridgehead atoms. The van der Waals surface area contributed by atoms with Crippen LogP contribution in [0, 0.1) is 6.92 Å². The van der Waals surface area contributed by atoms with Crippen LogP contribution < -0.4 is 10.6 Å². The van der Waals surface area contributed by atoms with Gasteiger partial charge in [0.25, 0.3) is 0 Å². The smallest absolute Gasteiger partial charge is 0.249 e. The molecule has 0 aliphatic carbocycles. The van der Waals surface area contributed by atoms with E-state index in [1.807, 2.05) is 12.1 Å². The van der Waals surface area contributed by atoms with Crippen molar-refractivity contribution in [2.75, 3.05) is 10.6 Å². The van der Waals surface area contributed by atoms with E-state index < -0.39 is 5.25 Å². The summed E-state index contributed by atoms with van der Waals surface area (Å²) < 4.78 is 4.92. The summed E-state index contributed by atoms with van der Waals surface area (Å²) in [6.07, 6.45) is 0.153. The number of thioether (sulfide) groups is 1. The Balaban J connectivity index is 1.78. The summed E-state index contributed by atoms with van der Waals surface area (Å²) in [5, 5.41) is 3.29. The van der Waals surface area contributed by atoms with E-state index in [0.29, 0.717) is 11.4 Å². The first-order valence-corrected chi connectivity index (χ1v) is 7.25. The molecule has 0 saturated carbocycles. The quantitative estimate of drug-likeness (QED) is 0.689. The summed E-state index contributed by atoms with van der Waals surface area (Å²) in [7, 11) is 0. The van der Waals surface area contributed by atoms with E-state index in [1.165, 1.54) is 11.8 Å². The SMILES string of the molecule is Cc1cc(N2C(=O)CC(Sc3ccc(N)cc3)C2=O)no1. The molecule has 1 aromatic heterocycles. The maximum Gasteiger partial charge on any atom is 0.249 e. The average Bonchev–Trinajstić information content (AvgIpc) is 2.97. The number of anilines is 2. The van der Waals surface area contributed by atoms with Crippen molar-refractivity contribution < 1.29 is 14.1 Å². The molecule has 1 fully saturated rings. The van der Waals surface area contributed by atoms with Crippen molar-refractivity contribution in [1.82, 2.24) is 5.16 Å². The first kappa shape index (κ1) is 13.7. The van der Waals surface area contributed by atoms with Gasteiger partial charge in [-0.1, -0.05) is 5.16 Å². The maximum absolute atomic E-state index is 12.4. The molecule has 2 heterocycles. The van der Waals surface area contributed by atoms with E-state index in [4.69, 9.17) is 10.3 Å². The van der Waals surface area contributed by atoms with Gasteiger partial charge in [-0.05, 0) is 31.2 Å². The van der Waals surface area contributed by atoms with Crippen LogP contribution in [0.3, 0.4) is 0 Å². The average molecular weight is 303 g/mol. The van der Waals surface area contributed by atoms with Crippen molar-refractivity contribution in [3.05, 3.63) is 36.1 Å². The van der Waals surface area contributed by atoms with Gasteiger partial charge in [-0.3, -0.25) is 9.59 Å². The molecule has 7 heteroatoms. The predicted octanol–water partition coefficient (Wildman–Crippen LogP) is 1.99. The highest BCUT2D eigenvalue weighted by molar-refractivity contribution is 8.00. The number of benzene rings is 1. The van der Waals surface area contributed by atoms with Gasteiger partial charge in [0, 0.05) is 23.1 Å². The van der Waals surface area contributed by atoms with Gasteiger partial charge in [-0.15, -0.1) is 11.8 Å². The fourth-order valence-electron chi connectivity index (χ4n) is 2.11. The molecule has 2 N–H and O–H groups in total. The molecule has 0 radical (unpaired) electrons. The second-order valence-electron chi connectivity index (χ2n) is 4.74. The highest BCUT2D eigenvalue weighted by atomic mass is 32.2. The van der Waals surface area contributed by atoms with Crippen LogP contribution in [-0.4, -0.2) is 22.2 Å². The molecule has 1 atom stereocenters. The van der Waals surface area contributed by atoms with E-state index in [-0.39, 0.29) is 24.1 Å². The van der Waals surface area contributed by atoms with Gasteiger partial charge in [0.1, 0.15) is 5.76 Å². The van der Waals surface area contributed by atoms with Crippen LogP contribution in [0.15, 0.2) is 39.8 Å². The number of aromatic nitrogens is 1. The number of nitrogens with zero attached hydrogens (tertiary/aromatic N) is 2. The Morgan fingerprint density at radius 3 is 2.67 bits per heavy atom. The summed E-state index contributed by atoms with van der Waals surface area (Å²) in [5.74, 6) is 0.277. The fraction of sp³-hybridized carbons (Fsp3) is 0.214. The van der Waals surface area contributed by atoms with Gasteiger partial charge in [-0.2, -0.15) is 0 Å². The van der Waals surface area contributed by atoms with Gasteiger partial charge < -0.3 is 10.3 Å². The third-order valence-electron chi connectivity index (χ3n) is 3.11. The molecule has 1 aromatic carbocycles. The largest absolute Gasteiger partial charge is 0.399 e. The first-order valence-electron chi connectivity index (χ1n) is 6.37. The standard InChI is InChI=1S/C14H13N3O3S/c1-8-6-12(16-20-8)17-13(18)7-11(14(17)19)21-10-4-2-9(15)3-5-10/h2-6,11H,7,15H2,1H3. The van der Waals surface area contributed by atoms with Crippen LogP contribution in [0.25, 0.3) is 0 Å². The van der Waals surface area contributed by atoms with Gasteiger partial charge >= 0.3 is 0 Å². The molecule has 21 heavy (non-hydrogen) atoms. The minimum atomic E-state index is -0.446. The van der Waals surface area contributed by atoms with Crippen LogP contribution in [0.1, 0.15) is 12.2 Å². The van der Waals surface area contributed by atoms with Crippen molar-refractivity contribution >= 4 is 35.1 Å². The lowest BCUT2D eigenvalue weighted by Gasteiger charge is -2.10. The Morgan fingerprint density at radius 2 is 2.05 bits per heavy atom. The van der Waals surface area contributed by atoms with E-state index in [9.17, 15) is 9.59 Å². The normalized spacial score (nSPS) is 18.5. The Labute approximate surface area is 125 Å². The number of hydrogen-bond acceptors (Lipinski definition) is 6. The number of nitrogen functional groups attached to an aromatic ring is 1. The lowest BCUT2D eigenvalue weighted by Crippen LogP contribution is -2.31. The Morgan fingerprint density at radius 1 is 1.33 bits per heavy atom. The number of aryl methyl sites for hydroxylation is 1. The molecule has 3 rings (SSSR count). The van der Waals surface area contributed by atoms with Gasteiger partial charge in [-0.25, -0.2) is 4.90 Å². The molecule has 0 spiro atoms. The van der Waals surface area contributed by atoms with Crippen molar-refractivity contribution in [2.45, 2.75) is 23.5 Å². The molecule has 1 aliphatic heterocycles. The molecular weight excluding hydrogens is 290 g/mol. The Bertz CT molecular complexity index is 696. The summed E-state index contributed by atoms with van der Waals surface area (Å²) in [6.45, 7) is 1.71. The van der Waals surface area contributed by atoms with E-state index in [1.54, 1.807) is 25.1 Å². The lowest BCUT2D eigenvalue weighted by atomic mass is 10.3. The monoisotopic (exact) mass is 303 g/mol. The van der Waals surface area contributed by atoms with Crippen molar-refractivity contribution in [2.24, 2.45) is 0 Å². The minimum Gasteiger partial charge on any atom is -0.399 e. The first-order chi connectivity index (χ1) is 10.0. The summed E-state index contributed by atoms with van der Waals surface area (Å²) in [6, 6.07) is 8.78. The fourth-order valence-corrected chi connectivity index (χ4v) is 3.16. The molecule has 2 aromatic rings. The number of carbonyl (C=O) groups is 2. The second kappa shape index (κ2) is 5.25. The van der Waals surface area contributed by atoms with Gasteiger partial charge in [0.05, 0.1) is 5.25 Å². The lowest BCUT2D eigenvalue weighted by molar-refractivity contribution is -0.121. The maximum atomic E-state index is 12.4. The van der Waals surface area contributed by atoms with Crippen LogP contribution in [0.2, 0.25) is 0 Å². The molecule has 2 amide bonds. The molecular formula is C14H13N3O3S. The number of imide groups is 1. The summed E-state index contributed by atoms with van der Waals surface area (Å²) >= 11 is 1.35. The highest BCUT2D eigenvalue weighted by Gasteiger charge is 2.41. The van der Waals surface area contributed by atoms with Gasteiger partial charge in [0.2, 0.25) is 11.8 Å². The van der Waals surface area contributed by atoms with Crippen LogP contribution in [0.5, 0.6) is 0 Å². The second-order valence-corrected chi connectivity index (χ2v) is 6.02. The highest BCUT2D eigenvalue weighted by Crippen LogP contribution is 2.33. The van der Waals surface area contributed by atoms with Gasteiger partial charge in [0.15, 0.2) is 5.82 Å². The molecule has 6 nitrogen and oxygen atoms in total. The number of carbonyl (C=O) groups excluding carboxylic acids is 2. The Hall–Kier alpha value is -2.28. The molecule has 1 unspecified atom stereocenters. The minimum absolute atomic E-state index is 0.153. The zero-order valence-corrected chi connectivity index (χ0v) is 12.1. The van der Waals surface area contributed by atoms with Crippen molar-refractivity contribution in [3.8, 4) is 0 Å².